The maximum Gasteiger partial charge on any atom is 0.407 e. The molecule has 33 heavy (non-hydrogen) atoms. The van der Waals surface area contributed by atoms with Gasteiger partial charge in [0.2, 0.25) is 11.9 Å². The molecule has 0 spiro atoms. The van der Waals surface area contributed by atoms with E-state index in [0.717, 1.165) is 16.7 Å². The van der Waals surface area contributed by atoms with Gasteiger partial charge in [0.15, 0.2) is 0 Å². The SMILES string of the molecule is CC(C)(C)OC(=O)NCc1cccc(-c2cnc(N3CCN(C(=O)C(C)(C)C)CC3)nc2)c1. The number of piperazine rings is 1. The average molecular weight is 454 g/mol. The highest BCUT2D eigenvalue weighted by atomic mass is 16.6. The Morgan fingerprint density at radius 3 is 2.18 bits per heavy atom. The molecule has 8 nitrogen and oxygen atoms in total. The van der Waals surface area contributed by atoms with Crippen LogP contribution >= 0.6 is 0 Å². The van der Waals surface area contributed by atoms with Gasteiger partial charge >= 0.3 is 6.09 Å². The van der Waals surface area contributed by atoms with Crippen molar-refractivity contribution in [2.45, 2.75) is 53.7 Å². The second-order valence-corrected chi connectivity index (χ2v) is 10.4. The molecular weight excluding hydrogens is 418 g/mol. The fraction of sp³-hybridized carbons (Fsp3) is 0.520. The van der Waals surface area contributed by atoms with E-state index in [-0.39, 0.29) is 11.3 Å². The lowest BCUT2D eigenvalue weighted by atomic mass is 9.94. The van der Waals surface area contributed by atoms with Gasteiger partial charge in [-0.05, 0) is 38.0 Å². The number of hydrogen-bond acceptors (Lipinski definition) is 6. The molecule has 0 unspecified atom stereocenters. The summed E-state index contributed by atoms with van der Waals surface area (Å²) < 4.78 is 5.28. The summed E-state index contributed by atoms with van der Waals surface area (Å²) in [7, 11) is 0. The number of aromatic nitrogens is 2. The molecule has 0 atom stereocenters. The molecule has 3 rings (SSSR count). The van der Waals surface area contributed by atoms with E-state index in [9.17, 15) is 9.59 Å². The minimum atomic E-state index is -0.528. The van der Waals surface area contributed by atoms with Crippen LogP contribution in [-0.2, 0) is 16.1 Å². The number of carbonyl (C=O) groups excluding carboxylic acids is 2. The Labute approximate surface area is 196 Å². The van der Waals surface area contributed by atoms with Gasteiger partial charge in [0.05, 0.1) is 0 Å². The number of nitrogens with zero attached hydrogens (tertiary/aromatic N) is 4. The van der Waals surface area contributed by atoms with Crippen molar-refractivity contribution in [2.24, 2.45) is 5.41 Å². The van der Waals surface area contributed by atoms with Crippen molar-refractivity contribution in [3.63, 3.8) is 0 Å². The highest BCUT2D eigenvalue weighted by Crippen LogP contribution is 2.22. The van der Waals surface area contributed by atoms with Crippen molar-refractivity contribution in [3.8, 4) is 11.1 Å². The Balaban J connectivity index is 1.59. The van der Waals surface area contributed by atoms with Crippen molar-refractivity contribution >= 4 is 17.9 Å². The van der Waals surface area contributed by atoms with Gasteiger partial charge in [0.1, 0.15) is 5.60 Å². The molecule has 1 saturated heterocycles. The van der Waals surface area contributed by atoms with Gasteiger partial charge in [-0.25, -0.2) is 14.8 Å². The molecule has 2 amide bonds. The Morgan fingerprint density at radius 2 is 1.61 bits per heavy atom. The smallest absolute Gasteiger partial charge is 0.407 e. The van der Waals surface area contributed by atoms with Crippen molar-refractivity contribution < 1.29 is 14.3 Å². The van der Waals surface area contributed by atoms with Crippen LogP contribution in [0.25, 0.3) is 11.1 Å². The summed E-state index contributed by atoms with van der Waals surface area (Å²) in [6, 6.07) is 7.90. The van der Waals surface area contributed by atoms with Gasteiger partial charge in [0.25, 0.3) is 0 Å². The van der Waals surface area contributed by atoms with Crippen LogP contribution in [0.2, 0.25) is 0 Å². The van der Waals surface area contributed by atoms with Crippen molar-refractivity contribution in [1.82, 2.24) is 20.2 Å². The highest BCUT2D eigenvalue weighted by Gasteiger charge is 2.30. The second kappa shape index (κ2) is 9.77. The fourth-order valence-corrected chi connectivity index (χ4v) is 3.57. The molecule has 0 saturated carbocycles. The van der Waals surface area contributed by atoms with Crippen molar-refractivity contribution in [3.05, 3.63) is 42.2 Å². The zero-order valence-corrected chi connectivity index (χ0v) is 20.5. The first kappa shape index (κ1) is 24.5. The van der Waals surface area contributed by atoms with Crippen LogP contribution in [0.5, 0.6) is 0 Å². The minimum absolute atomic E-state index is 0.180. The maximum absolute atomic E-state index is 12.5. The minimum Gasteiger partial charge on any atom is -0.444 e. The van der Waals surface area contributed by atoms with Gasteiger partial charge in [0, 0.05) is 56.1 Å². The molecule has 2 aromatic rings. The topological polar surface area (TPSA) is 87.7 Å². The van der Waals surface area contributed by atoms with Crippen LogP contribution in [0.1, 0.15) is 47.1 Å². The van der Waals surface area contributed by atoms with Gasteiger partial charge < -0.3 is 19.9 Å². The number of anilines is 1. The standard InChI is InChI=1S/C25H35N5O3/c1-24(2,3)21(31)29-10-12-30(13-11-29)22-26-16-20(17-27-22)19-9-7-8-18(14-19)15-28-23(32)33-25(4,5)6/h7-9,14,16-17H,10-13,15H2,1-6H3,(H,28,32). The lowest BCUT2D eigenvalue weighted by Gasteiger charge is -2.37. The van der Waals surface area contributed by atoms with E-state index < -0.39 is 11.7 Å². The molecule has 1 aromatic heterocycles. The Hall–Kier alpha value is -3.16. The summed E-state index contributed by atoms with van der Waals surface area (Å²) in [6.07, 6.45) is 3.19. The van der Waals surface area contributed by atoms with Gasteiger partial charge in [-0.2, -0.15) is 0 Å². The number of carbonyl (C=O) groups is 2. The molecule has 1 aliphatic heterocycles. The quantitative estimate of drug-likeness (QED) is 0.756. The number of hydrogen-bond donors (Lipinski definition) is 1. The second-order valence-electron chi connectivity index (χ2n) is 10.4. The van der Waals surface area contributed by atoms with Crippen molar-refractivity contribution in [2.75, 3.05) is 31.1 Å². The molecular formula is C25H35N5O3. The van der Waals surface area contributed by atoms with Crippen LogP contribution in [0.4, 0.5) is 10.7 Å². The van der Waals surface area contributed by atoms with E-state index in [1.807, 2.05) is 83.1 Å². The molecule has 0 radical (unpaired) electrons. The van der Waals surface area contributed by atoms with Crippen LogP contribution in [-0.4, -0.2) is 58.6 Å². The third-order valence-corrected chi connectivity index (χ3v) is 5.23. The van der Waals surface area contributed by atoms with E-state index in [4.69, 9.17) is 4.74 Å². The average Bonchev–Trinajstić information content (AvgIpc) is 2.76. The van der Waals surface area contributed by atoms with Crippen LogP contribution in [0.15, 0.2) is 36.7 Å². The summed E-state index contributed by atoms with van der Waals surface area (Å²) in [5.41, 5.74) is 1.95. The van der Waals surface area contributed by atoms with Gasteiger partial charge in [-0.15, -0.1) is 0 Å². The Kier molecular flexibility index (Phi) is 7.25. The predicted molar refractivity (Wildman–Crippen MR) is 129 cm³/mol. The monoisotopic (exact) mass is 453 g/mol. The molecule has 178 valence electrons. The summed E-state index contributed by atoms with van der Waals surface area (Å²) in [4.78, 5) is 37.5. The van der Waals surface area contributed by atoms with Crippen LogP contribution in [0.3, 0.4) is 0 Å². The summed E-state index contributed by atoms with van der Waals surface area (Å²) in [5.74, 6) is 0.851. The van der Waals surface area contributed by atoms with Gasteiger partial charge in [-0.3, -0.25) is 4.79 Å². The van der Waals surface area contributed by atoms with Crippen LogP contribution < -0.4 is 10.2 Å². The fourth-order valence-electron chi connectivity index (χ4n) is 3.57. The molecule has 0 bridgehead atoms. The van der Waals surface area contributed by atoms with Crippen LogP contribution in [0, 0.1) is 5.41 Å². The lowest BCUT2D eigenvalue weighted by Crippen LogP contribution is -2.52. The summed E-state index contributed by atoms with van der Waals surface area (Å²) in [6.45, 7) is 14.5. The molecule has 1 aliphatic rings. The molecule has 1 N–H and O–H groups in total. The van der Waals surface area contributed by atoms with Gasteiger partial charge in [-0.1, -0.05) is 39.0 Å². The first-order chi connectivity index (χ1) is 15.4. The largest absolute Gasteiger partial charge is 0.444 e. The number of nitrogens with one attached hydrogen (secondary N) is 1. The Bertz CT molecular complexity index is 969. The number of ether oxygens (including phenoxy) is 1. The number of benzene rings is 1. The van der Waals surface area contributed by atoms with E-state index in [2.05, 4.69) is 20.2 Å². The highest BCUT2D eigenvalue weighted by molar-refractivity contribution is 5.81. The molecule has 1 fully saturated rings. The first-order valence-corrected chi connectivity index (χ1v) is 11.3. The third-order valence-electron chi connectivity index (χ3n) is 5.23. The predicted octanol–water partition coefficient (Wildman–Crippen LogP) is 3.86. The normalized spacial score (nSPS) is 14.7. The van der Waals surface area contributed by atoms with E-state index in [0.29, 0.717) is 38.7 Å². The lowest BCUT2D eigenvalue weighted by molar-refractivity contribution is -0.139. The first-order valence-electron chi connectivity index (χ1n) is 11.3. The molecule has 2 heterocycles. The number of rotatable bonds is 4. The van der Waals surface area contributed by atoms with Crippen molar-refractivity contribution in [1.29, 1.82) is 0 Å². The molecule has 8 heteroatoms. The maximum atomic E-state index is 12.5. The zero-order valence-electron chi connectivity index (χ0n) is 20.5. The Morgan fingerprint density at radius 1 is 0.970 bits per heavy atom. The van der Waals surface area contributed by atoms with E-state index in [1.165, 1.54) is 0 Å². The molecule has 0 aliphatic carbocycles. The van der Waals surface area contributed by atoms with E-state index >= 15 is 0 Å². The summed E-state index contributed by atoms with van der Waals surface area (Å²) >= 11 is 0. The number of alkyl carbamates (subject to hydrolysis) is 1. The third kappa shape index (κ3) is 6.91. The number of amides is 2. The summed E-state index contributed by atoms with van der Waals surface area (Å²) in [5, 5.41) is 2.78. The van der Waals surface area contributed by atoms with E-state index in [1.54, 1.807) is 0 Å². The zero-order chi connectivity index (χ0) is 24.2. The molecule has 1 aromatic carbocycles.